The first-order valence-corrected chi connectivity index (χ1v) is 11.4. The first-order chi connectivity index (χ1) is 15.1. The van der Waals surface area contributed by atoms with Crippen molar-refractivity contribution < 1.29 is 9.59 Å². The number of para-hydroxylation sites is 1. The second kappa shape index (κ2) is 8.22. The van der Waals surface area contributed by atoms with E-state index < -0.39 is 0 Å². The molecule has 3 aromatic rings. The average Bonchev–Trinajstić information content (AvgIpc) is 3.26. The molecule has 5 nitrogen and oxygen atoms in total. The van der Waals surface area contributed by atoms with Crippen molar-refractivity contribution in [3.8, 4) is 0 Å². The van der Waals surface area contributed by atoms with Crippen LogP contribution >= 0.6 is 0 Å². The fraction of sp³-hybridized carbons (Fsp3) is 0.385. The zero-order valence-corrected chi connectivity index (χ0v) is 18.0. The highest BCUT2D eigenvalue weighted by molar-refractivity contribution is 6.01. The average molecular weight is 416 g/mol. The van der Waals surface area contributed by atoms with E-state index in [4.69, 9.17) is 0 Å². The van der Waals surface area contributed by atoms with Crippen LogP contribution in [0.1, 0.15) is 71.7 Å². The molecule has 5 heteroatoms. The van der Waals surface area contributed by atoms with Gasteiger partial charge in [-0.1, -0.05) is 55.7 Å². The lowest BCUT2D eigenvalue weighted by atomic mass is 9.95. The molecule has 1 aliphatic carbocycles. The summed E-state index contributed by atoms with van der Waals surface area (Å²) < 4.78 is 0. The fourth-order valence-electron chi connectivity index (χ4n) is 5.33. The van der Waals surface area contributed by atoms with E-state index in [1.807, 2.05) is 41.3 Å². The van der Waals surface area contributed by atoms with Crippen LogP contribution in [0.15, 0.2) is 48.5 Å². The summed E-state index contributed by atoms with van der Waals surface area (Å²) in [5.74, 6) is 0.0563. The summed E-state index contributed by atoms with van der Waals surface area (Å²) in [4.78, 5) is 31.4. The number of amides is 2. The Morgan fingerprint density at radius 3 is 2.65 bits per heavy atom. The maximum atomic E-state index is 13.3. The summed E-state index contributed by atoms with van der Waals surface area (Å²) >= 11 is 0. The van der Waals surface area contributed by atoms with E-state index in [0.29, 0.717) is 19.0 Å². The van der Waals surface area contributed by atoms with Gasteiger partial charge in [0.25, 0.3) is 5.91 Å². The van der Waals surface area contributed by atoms with E-state index in [1.54, 1.807) is 0 Å². The first-order valence-electron chi connectivity index (χ1n) is 11.4. The standard InChI is InChI=1S/C26H29N3O2/c1-17-24(21-13-7-8-14-22(21)27-17)25-19-11-5-6-12-20(19)26(31)29(25)16-15-23(30)28-18-9-3-2-4-10-18/h5-8,11-14,18,25,27H,2-4,9-10,15-16H2,1H3,(H,28,30). The molecule has 2 N–H and O–H groups in total. The summed E-state index contributed by atoms with van der Waals surface area (Å²) in [6.07, 6.45) is 6.10. The largest absolute Gasteiger partial charge is 0.358 e. The zero-order valence-electron chi connectivity index (χ0n) is 18.0. The smallest absolute Gasteiger partial charge is 0.255 e. The van der Waals surface area contributed by atoms with Crippen LogP contribution in [0.3, 0.4) is 0 Å². The van der Waals surface area contributed by atoms with Gasteiger partial charge in [-0.15, -0.1) is 0 Å². The number of aryl methyl sites for hydroxylation is 1. The molecule has 2 amide bonds. The van der Waals surface area contributed by atoms with Crippen LogP contribution in [-0.4, -0.2) is 34.3 Å². The third kappa shape index (κ3) is 3.62. The Morgan fingerprint density at radius 2 is 1.81 bits per heavy atom. The first kappa shape index (κ1) is 19.9. The lowest BCUT2D eigenvalue weighted by Crippen LogP contribution is -2.39. The number of benzene rings is 2. The van der Waals surface area contributed by atoms with Crippen molar-refractivity contribution in [3.63, 3.8) is 0 Å². The summed E-state index contributed by atoms with van der Waals surface area (Å²) in [6.45, 7) is 2.48. The number of nitrogens with zero attached hydrogens (tertiary/aromatic N) is 1. The Morgan fingerprint density at radius 1 is 1.06 bits per heavy atom. The molecular formula is C26H29N3O2. The van der Waals surface area contributed by atoms with Crippen LogP contribution in [0.5, 0.6) is 0 Å². The van der Waals surface area contributed by atoms with E-state index >= 15 is 0 Å². The van der Waals surface area contributed by atoms with Crippen LogP contribution in [0.2, 0.25) is 0 Å². The van der Waals surface area contributed by atoms with Crippen LogP contribution < -0.4 is 5.32 Å². The number of H-pyrrole nitrogens is 1. The molecule has 2 aromatic carbocycles. The number of carbonyl (C=O) groups is 2. The number of fused-ring (bicyclic) bond motifs is 2. The number of hydrogen-bond donors (Lipinski definition) is 2. The van der Waals surface area contributed by atoms with Crippen molar-refractivity contribution in [1.82, 2.24) is 15.2 Å². The molecule has 0 saturated heterocycles. The van der Waals surface area contributed by atoms with Gasteiger partial charge in [-0.25, -0.2) is 0 Å². The van der Waals surface area contributed by atoms with E-state index in [0.717, 1.165) is 46.1 Å². The maximum absolute atomic E-state index is 13.3. The van der Waals surface area contributed by atoms with Crippen LogP contribution in [-0.2, 0) is 4.79 Å². The topological polar surface area (TPSA) is 65.2 Å². The van der Waals surface area contributed by atoms with Gasteiger partial charge in [0.05, 0.1) is 6.04 Å². The molecule has 1 fully saturated rings. The molecule has 2 aliphatic rings. The second-order valence-corrected chi connectivity index (χ2v) is 8.85. The van der Waals surface area contributed by atoms with Crippen molar-refractivity contribution in [1.29, 1.82) is 0 Å². The molecule has 1 unspecified atom stereocenters. The Labute approximate surface area is 182 Å². The normalized spacial score (nSPS) is 19.1. The van der Waals surface area contributed by atoms with Gasteiger partial charge in [-0.3, -0.25) is 9.59 Å². The predicted molar refractivity (Wildman–Crippen MR) is 122 cm³/mol. The van der Waals surface area contributed by atoms with Crippen molar-refractivity contribution in [2.24, 2.45) is 0 Å². The van der Waals surface area contributed by atoms with Gasteiger partial charge < -0.3 is 15.2 Å². The Hall–Kier alpha value is -3.08. The van der Waals surface area contributed by atoms with Crippen molar-refractivity contribution in [2.45, 2.75) is 57.5 Å². The predicted octanol–water partition coefficient (Wildman–Crippen LogP) is 4.86. The van der Waals surface area contributed by atoms with Gasteiger partial charge in [0.15, 0.2) is 0 Å². The van der Waals surface area contributed by atoms with Crippen LogP contribution in [0.25, 0.3) is 10.9 Å². The summed E-state index contributed by atoms with van der Waals surface area (Å²) in [6, 6.07) is 16.2. The van der Waals surface area contributed by atoms with Gasteiger partial charge in [0.2, 0.25) is 5.91 Å². The number of rotatable bonds is 5. The van der Waals surface area contributed by atoms with E-state index in [2.05, 4.69) is 29.4 Å². The molecule has 1 aliphatic heterocycles. The summed E-state index contributed by atoms with van der Waals surface area (Å²) in [5, 5.41) is 4.32. The van der Waals surface area contributed by atoms with Gasteiger partial charge in [-0.05, 0) is 37.5 Å². The molecule has 160 valence electrons. The minimum atomic E-state index is -0.178. The number of carbonyl (C=O) groups excluding carboxylic acids is 2. The molecular weight excluding hydrogens is 386 g/mol. The van der Waals surface area contributed by atoms with E-state index in [-0.39, 0.29) is 17.9 Å². The fourth-order valence-corrected chi connectivity index (χ4v) is 5.33. The molecule has 0 bridgehead atoms. The lowest BCUT2D eigenvalue weighted by molar-refractivity contribution is -0.122. The van der Waals surface area contributed by atoms with E-state index in [1.165, 1.54) is 19.3 Å². The minimum Gasteiger partial charge on any atom is -0.358 e. The highest BCUT2D eigenvalue weighted by Crippen LogP contribution is 2.42. The lowest BCUT2D eigenvalue weighted by Gasteiger charge is -2.27. The SMILES string of the molecule is Cc1[nH]c2ccccc2c1C1c2ccccc2C(=O)N1CCC(=O)NC1CCCCC1. The molecule has 31 heavy (non-hydrogen) atoms. The quantitative estimate of drug-likeness (QED) is 0.625. The molecule has 5 rings (SSSR count). The van der Waals surface area contributed by atoms with Gasteiger partial charge in [0.1, 0.15) is 0 Å². The van der Waals surface area contributed by atoms with Gasteiger partial charge in [0, 0.05) is 46.7 Å². The number of nitrogens with one attached hydrogen (secondary N) is 2. The molecule has 0 radical (unpaired) electrons. The Balaban J connectivity index is 1.43. The van der Waals surface area contributed by atoms with Crippen LogP contribution in [0, 0.1) is 6.92 Å². The van der Waals surface area contributed by atoms with Crippen molar-refractivity contribution >= 4 is 22.7 Å². The van der Waals surface area contributed by atoms with Gasteiger partial charge >= 0.3 is 0 Å². The third-order valence-corrected chi connectivity index (χ3v) is 6.83. The maximum Gasteiger partial charge on any atom is 0.255 e. The number of aromatic amines is 1. The Bertz CT molecular complexity index is 1130. The molecule has 1 atom stereocenters. The molecule has 1 aromatic heterocycles. The highest BCUT2D eigenvalue weighted by Gasteiger charge is 2.39. The molecule has 0 spiro atoms. The Kier molecular flexibility index (Phi) is 5.26. The molecule has 2 heterocycles. The van der Waals surface area contributed by atoms with Crippen molar-refractivity contribution in [2.75, 3.05) is 6.54 Å². The third-order valence-electron chi connectivity index (χ3n) is 6.83. The van der Waals surface area contributed by atoms with Crippen molar-refractivity contribution in [3.05, 3.63) is 70.9 Å². The second-order valence-electron chi connectivity index (χ2n) is 8.85. The van der Waals surface area contributed by atoms with Gasteiger partial charge in [-0.2, -0.15) is 0 Å². The number of aromatic nitrogens is 1. The zero-order chi connectivity index (χ0) is 21.4. The highest BCUT2D eigenvalue weighted by atomic mass is 16.2. The monoisotopic (exact) mass is 415 g/mol. The van der Waals surface area contributed by atoms with Crippen LogP contribution in [0.4, 0.5) is 0 Å². The minimum absolute atomic E-state index is 0.00995. The summed E-state index contributed by atoms with van der Waals surface area (Å²) in [7, 11) is 0. The summed E-state index contributed by atoms with van der Waals surface area (Å²) in [5.41, 5.74) is 5.02. The number of hydrogen-bond acceptors (Lipinski definition) is 2. The van der Waals surface area contributed by atoms with E-state index in [9.17, 15) is 9.59 Å². The molecule has 1 saturated carbocycles.